The van der Waals surface area contributed by atoms with Crippen LogP contribution in [-0.4, -0.2) is 33.0 Å². The van der Waals surface area contributed by atoms with Crippen LogP contribution >= 0.6 is 0 Å². The molecule has 0 unspecified atom stereocenters. The van der Waals surface area contributed by atoms with E-state index in [4.69, 9.17) is 0 Å². The van der Waals surface area contributed by atoms with Crippen LogP contribution in [0.2, 0.25) is 0 Å². The number of pyridine rings is 1. The zero-order valence-corrected chi connectivity index (χ0v) is 12.2. The molecule has 0 aliphatic heterocycles. The van der Waals surface area contributed by atoms with E-state index in [9.17, 15) is 4.79 Å². The molecule has 0 aliphatic rings. The predicted octanol–water partition coefficient (Wildman–Crippen LogP) is 2.74. The van der Waals surface area contributed by atoms with E-state index >= 15 is 0 Å². The summed E-state index contributed by atoms with van der Waals surface area (Å²) in [7, 11) is 1.76. The lowest BCUT2D eigenvalue weighted by Gasteiger charge is -2.16. The average molecular weight is 292 g/mol. The quantitative estimate of drug-likeness (QED) is 0.804. The lowest BCUT2D eigenvalue weighted by Crippen LogP contribution is -2.26. The lowest BCUT2D eigenvalue weighted by molar-refractivity contribution is 0.0784. The molecule has 1 aromatic carbocycles. The molecule has 0 fully saturated rings. The Morgan fingerprint density at radius 2 is 1.91 bits per heavy atom. The molecule has 3 aromatic rings. The fourth-order valence-electron chi connectivity index (χ4n) is 2.29. The maximum absolute atomic E-state index is 12.6. The molecule has 0 bridgehead atoms. The summed E-state index contributed by atoms with van der Waals surface area (Å²) in [6, 6.07) is 15.4. The smallest absolute Gasteiger partial charge is 0.257 e. The number of aromatic nitrogens is 3. The van der Waals surface area contributed by atoms with E-state index < -0.39 is 0 Å². The van der Waals surface area contributed by atoms with E-state index in [1.807, 2.05) is 48.5 Å². The van der Waals surface area contributed by atoms with Gasteiger partial charge in [-0.2, -0.15) is 5.10 Å². The topological polar surface area (TPSA) is 61.9 Å². The highest BCUT2D eigenvalue weighted by Crippen LogP contribution is 2.22. The molecule has 0 saturated heterocycles. The molecule has 2 aromatic heterocycles. The zero-order valence-electron chi connectivity index (χ0n) is 12.2. The van der Waals surface area contributed by atoms with Gasteiger partial charge in [-0.05, 0) is 12.1 Å². The van der Waals surface area contributed by atoms with Crippen molar-refractivity contribution in [2.45, 2.75) is 6.54 Å². The zero-order chi connectivity index (χ0) is 15.4. The van der Waals surface area contributed by atoms with Crippen molar-refractivity contribution in [2.24, 2.45) is 0 Å². The fraction of sp³-hybridized carbons (Fsp3) is 0.118. The van der Waals surface area contributed by atoms with Gasteiger partial charge in [-0.1, -0.05) is 36.4 Å². The molecule has 1 N–H and O–H groups in total. The number of amides is 1. The van der Waals surface area contributed by atoms with Gasteiger partial charge in [0.15, 0.2) is 0 Å². The minimum atomic E-state index is -0.0849. The van der Waals surface area contributed by atoms with Crippen LogP contribution in [0.5, 0.6) is 0 Å². The van der Waals surface area contributed by atoms with Crippen LogP contribution in [0.1, 0.15) is 16.1 Å². The van der Waals surface area contributed by atoms with E-state index in [1.165, 1.54) is 0 Å². The van der Waals surface area contributed by atoms with Crippen molar-refractivity contribution >= 4 is 5.91 Å². The minimum absolute atomic E-state index is 0.0849. The van der Waals surface area contributed by atoms with Gasteiger partial charge >= 0.3 is 0 Å². The number of nitrogens with zero attached hydrogens (tertiary/aromatic N) is 3. The number of nitrogens with one attached hydrogen (secondary N) is 1. The number of aromatic amines is 1. The van der Waals surface area contributed by atoms with Crippen LogP contribution < -0.4 is 0 Å². The number of H-pyrrole nitrogens is 1. The Kier molecular flexibility index (Phi) is 3.96. The van der Waals surface area contributed by atoms with Gasteiger partial charge in [-0.15, -0.1) is 0 Å². The highest BCUT2D eigenvalue weighted by molar-refractivity contribution is 5.99. The molecule has 0 aliphatic carbocycles. The third-order valence-electron chi connectivity index (χ3n) is 3.40. The van der Waals surface area contributed by atoms with Gasteiger partial charge in [-0.3, -0.25) is 14.9 Å². The molecule has 0 atom stereocenters. The molecule has 0 spiro atoms. The summed E-state index contributed by atoms with van der Waals surface area (Å²) in [6.45, 7) is 0.457. The van der Waals surface area contributed by atoms with Gasteiger partial charge < -0.3 is 4.90 Å². The highest BCUT2D eigenvalue weighted by Gasteiger charge is 2.19. The summed E-state index contributed by atoms with van der Waals surface area (Å²) < 4.78 is 0. The highest BCUT2D eigenvalue weighted by atomic mass is 16.2. The van der Waals surface area contributed by atoms with Crippen molar-refractivity contribution in [2.75, 3.05) is 7.05 Å². The summed E-state index contributed by atoms with van der Waals surface area (Å²) >= 11 is 0. The third kappa shape index (κ3) is 2.88. The summed E-state index contributed by atoms with van der Waals surface area (Å²) in [4.78, 5) is 18.5. The number of benzene rings is 1. The van der Waals surface area contributed by atoms with Crippen LogP contribution in [0.4, 0.5) is 0 Å². The van der Waals surface area contributed by atoms with Crippen LogP contribution in [0, 0.1) is 0 Å². The monoisotopic (exact) mass is 292 g/mol. The molecule has 0 radical (unpaired) electrons. The summed E-state index contributed by atoms with van der Waals surface area (Å²) in [6.07, 6.45) is 3.29. The second-order valence-corrected chi connectivity index (χ2v) is 5.01. The van der Waals surface area contributed by atoms with E-state index in [0.717, 1.165) is 17.0 Å². The Balaban J connectivity index is 1.83. The summed E-state index contributed by atoms with van der Waals surface area (Å²) in [5.41, 5.74) is 3.08. The molecule has 3 rings (SSSR count). The molecule has 5 nitrogen and oxygen atoms in total. The first-order valence-corrected chi connectivity index (χ1v) is 7.00. The Bertz CT molecular complexity index is 753. The minimum Gasteiger partial charge on any atom is -0.336 e. The number of carbonyl (C=O) groups is 1. The normalized spacial score (nSPS) is 10.4. The Morgan fingerprint density at radius 3 is 2.64 bits per heavy atom. The van der Waals surface area contributed by atoms with Gasteiger partial charge in [0, 0.05) is 18.8 Å². The van der Waals surface area contributed by atoms with Crippen molar-refractivity contribution in [1.82, 2.24) is 20.1 Å². The molecule has 2 heterocycles. The maximum atomic E-state index is 12.6. The Hall–Kier alpha value is -2.95. The van der Waals surface area contributed by atoms with Crippen molar-refractivity contribution in [3.63, 3.8) is 0 Å². The van der Waals surface area contributed by atoms with E-state index in [-0.39, 0.29) is 5.91 Å². The first-order valence-electron chi connectivity index (χ1n) is 7.00. The number of carbonyl (C=O) groups excluding carboxylic acids is 1. The van der Waals surface area contributed by atoms with Crippen LogP contribution in [0.25, 0.3) is 11.3 Å². The first-order chi connectivity index (χ1) is 10.8. The molecular formula is C17H16N4O. The molecule has 0 saturated carbocycles. The third-order valence-corrected chi connectivity index (χ3v) is 3.40. The molecular weight excluding hydrogens is 276 g/mol. The van der Waals surface area contributed by atoms with Gasteiger partial charge in [0.05, 0.1) is 29.7 Å². The second kappa shape index (κ2) is 6.22. The van der Waals surface area contributed by atoms with E-state index in [0.29, 0.717) is 12.1 Å². The Labute approximate surface area is 128 Å². The summed E-state index contributed by atoms with van der Waals surface area (Å²) in [5.74, 6) is -0.0849. The largest absolute Gasteiger partial charge is 0.336 e. The number of hydrogen-bond acceptors (Lipinski definition) is 3. The van der Waals surface area contributed by atoms with Gasteiger partial charge in [-0.25, -0.2) is 0 Å². The van der Waals surface area contributed by atoms with Crippen molar-refractivity contribution in [3.8, 4) is 11.3 Å². The second-order valence-electron chi connectivity index (χ2n) is 5.01. The standard InChI is InChI=1S/C17H16N4O/c1-21(12-14-9-5-6-10-18-14)17(22)15-11-19-20-16(15)13-7-3-2-4-8-13/h2-11H,12H2,1H3,(H,19,20). The van der Waals surface area contributed by atoms with Crippen molar-refractivity contribution < 1.29 is 4.79 Å². The van der Waals surface area contributed by atoms with Crippen LogP contribution in [0.3, 0.4) is 0 Å². The average Bonchev–Trinajstić information content (AvgIpc) is 3.05. The summed E-state index contributed by atoms with van der Waals surface area (Å²) in [5, 5.41) is 6.93. The maximum Gasteiger partial charge on any atom is 0.257 e. The molecule has 22 heavy (non-hydrogen) atoms. The van der Waals surface area contributed by atoms with Crippen molar-refractivity contribution in [3.05, 3.63) is 72.2 Å². The van der Waals surface area contributed by atoms with E-state index in [2.05, 4.69) is 15.2 Å². The van der Waals surface area contributed by atoms with Crippen LogP contribution in [-0.2, 0) is 6.54 Å². The van der Waals surface area contributed by atoms with Gasteiger partial charge in [0.2, 0.25) is 0 Å². The predicted molar refractivity (Wildman–Crippen MR) is 84.1 cm³/mol. The fourth-order valence-corrected chi connectivity index (χ4v) is 2.29. The SMILES string of the molecule is CN(Cc1ccccn1)C(=O)c1cn[nH]c1-c1ccccc1. The lowest BCUT2D eigenvalue weighted by atomic mass is 10.1. The molecule has 1 amide bonds. The van der Waals surface area contributed by atoms with Gasteiger partial charge in [0.1, 0.15) is 0 Å². The van der Waals surface area contributed by atoms with Gasteiger partial charge in [0.25, 0.3) is 5.91 Å². The molecule has 110 valence electrons. The Morgan fingerprint density at radius 1 is 1.14 bits per heavy atom. The number of hydrogen-bond donors (Lipinski definition) is 1. The van der Waals surface area contributed by atoms with Crippen LogP contribution in [0.15, 0.2) is 60.9 Å². The van der Waals surface area contributed by atoms with E-state index in [1.54, 1.807) is 24.3 Å². The van der Waals surface area contributed by atoms with Crippen molar-refractivity contribution in [1.29, 1.82) is 0 Å². The first kappa shape index (κ1) is 14.0. The number of rotatable bonds is 4. The molecule has 5 heteroatoms.